The van der Waals surface area contributed by atoms with Crippen molar-refractivity contribution in [3.63, 3.8) is 0 Å². The van der Waals surface area contributed by atoms with E-state index < -0.39 is 0 Å². The van der Waals surface area contributed by atoms with Crippen molar-refractivity contribution >= 4 is 0 Å². The number of rotatable bonds is 1. The summed E-state index contributed by atoms with van der Waals surface area (Å²) in [7, 11) is 0. The summed E-state index contributed by atoms with van der Waals surface area (Å²) < 4.78 is 0. The molecular formula is C9H24O3. The van der Waals surface area contributed by atoms with E-state index >= 15 is 0 Å². The Kier molecular flexibility index (Phi) is 25.4. The van der Waals surface area contributed by atoms with Gasteiger partial charge in [-0.25, -0.2) is 0 Å². The van der Waals surface area contributed by atoms with Crippen LogP contribution in [0.3, 0.4) is 0 Å². The van der Waals surface area contributed by atoms with Gasteiger partial charge >= 0.3 is 0 Å². The Balaban J connectivity index is -0.000000101. The lowest BCUT2D eigenvalue weighted by Gasteiger charge is -1.80. The molecule has 0 atom stereocenters. The molecule has 0 radical (unpaired) electrons. The average Bonchev–Trinajstić information content (AvgIpc) is 1.85. The molecule has 0 saturated carbocycles. The van der Waals surface area contributed by atoms with E-state index in [2.05, 4.69) is 0 Å². The Labute approximate surface area is 76.1 Å². The molecule has 0 bridgehead atoms. The number of hydrogen-bond acceptors (Lipinski definition) is 3. The van der Waals surface area contributed by atoms with Crippen LogP contribution in [0.5, 0.6) is 0 Å². The molecule has 3 nitrogen and oxygen atoms in total. The predicted molar refractivity (Wildman–Crippen MR) is 52.1 cm³/mol. The molecule has 0 rings (SSSR count). The highest BCUT2D eigenvalue weighted by molar-refractivity contribution is 4.21. The van der Waals surface area contributed by atoms with Gasteiger partial charge in [0, 0.05) is 18.8 Å². The lowest BCUT2D eigenvalue weighted by molar-refractivity contribution is 0.215. The van der Waals surface area contributed by atoms with Crippen LogP contribution in [0.25, 0.3) is 0 Å². The van der Waals surface area contributed by atoms with Gasteiger partial charge < -0.3 is 15.3 Å². The van der Waals surface area contributed by atoms with E-state index in [4.69, 9.17) is 15.3 Å². The van der Waals surface area contributed by atoms with E-state index in [0.717, 1.165) is 6.42 Å². The Morgan fingerprint density at radius 2 is 1.00 bits per heavy atom. The van der Waals surface area contributed by atoms with Crippen LogP contribution in [-0.4, -0.2) is 34.1 Å². The van der Waals surface area contributed by atoms with E-state index in [1.807, 2.05) is 6.92 Å². The third kappa shape index (κ3) is 1010. The van der Waals surface area contributed by atoms with Crippen LogP contribution in [-0.2, 0) is 0 Å². The van der Waals surface area contributed by atoms with Crippen molar-refractivity contribution < 1.29 is 15.3 Å². The summed E-state index contributed by atoms with van der Waals surface area (Å²) in [6.07, 6.45) is 0.542. The first kappa shape index (κ1) is 17.8. The van der Waals surface area contributed by atoms with Crippen molar-refractivity contribution in [3.05, 3.63) is 0 Å². The highest BCUT2D eigenvalue weighted by Crippen LogP contribution is 1.65. The third-order valence-corrected chi connectivity index (χ3v) is 0.224. The first-order chi connectivity index (χ1) is 5.38. The van der Waals surface area contributed by atoms with E-state index in [1.54, 1.807) is 27.7 Å². The van der Waals surface area contributed by atoms with Crippen molar-refractivity contribution in [2.24, 2.45) is 0 Å². The molecule has 0 heterocycles. The molecule has 0 spiro atoms. The van der Waals surface area contributed by atoms with E-state index in [-0.39, 0.29) is 12.2 Å². The van der Waals surface area contributed by atoms with Gasteiger partial charge in [-0.05, 0) is 34.1 Å². The van der Waals surface area contributed by atoms with Crippen molar-refractivity contribution in [3.8, 4) is 0 Å². The molecule has 3 heteroatoms. The van der Waals surface area contributed by atoms with Gasteiger partial charge in [0.1, 0.15) is 0 Å². The Bertz CT molecular complexity index is 40.2. The van der Waals surface area contributed by atoms with Crippen LogP contribution in [0.2, 0.25) is 0 Å². The molecule has 0 aliphatic carbocycles. The topological polar surface area (TPSA) is 60.7 Å². The fourth-order valence-corrected chi connectivity index (χ4v) is 0. The number of hydrogen-bond donors (Lipinski definition) is 3. The van der Waals surface area contributed by atoms with Crippen LogP contribution < -0.4 is 0 Å². The van der Waals surface area contributed by atoms with Crippen molar-refractivity contribution in [2.75, 3.05) is 6.61 Å². The minimum atomic E-state index is -0.167. The maximum absolute atomic E-state index is 8.06. The van der Waals surface area contributed by atoms with Gasteiger partial charge in [0.2, 0.25) is 0 Å². The fraction of sp³-hybridized carbons (Fsp3) is 1.00. The molecule has 0 unspecified atom stereocenters. The standard InChI is InChI=1S/3C3H8O/c2*1-3(2)4;1-2-3-4/h2*3-4H,1-2H3;4H,2-3H2,1H3. The highest BCUT2D eigenvalue weighted by Gasteiger charge is 1.69. The first-order valence-electron chi connectivity index (χ1n) is 4.35. The van der Waals surface area contributed by atoms with Crippen LogP contribution in [0.4, 0.5) is 0 Å². The lowest BCUT2D eigenvalue weighted by atomic mass is 10.5. The molecule has 0 aliphatic rings. The minimum Gasteiger partial charge on any atom is -0.396 e. The molecule has 78 valence electrons. The quantitative estimate of drug-likeness (QED) is 0.567. The molecule has 0 saturated heterocycles. The fourth-order valence-electron chi connectivity index (χ4n) is 0. The zero-order valence-electron chi connectivity index (χ0n) is 8.91. The second-order valence-electron chi connectivity index (χ2n) is 2.91. The maximum atomic E-state index is 8.06. The second kappa shape index (κ2) is 17.1. The molecule has 0 aromatic heterocycles. The Hall–Kier alpha value is -0.120. The molecule has 0 amide bonds. The van der Waals surface area contributed by atoms with Crippen LogP contribution >= 0.6 is 0 Å². The van der Waals surface area contributed by atoms with E-state index in [9.17, 15) is 0 Å². The normalized spacial score (nSPS) is 8.50. The van der Waals surface area contributed by atoms with Gasteiger partial charge in [-0.2, -0.15) is 0 Å². The summed E-state index contributed by atoms with van der Waals surface area (Å²) in [4.78, 5) is 0. The lowest BCUT2D eigenvalue weighted by Crippen LogP contribution is -1.85. The van der Waals surface area contributed by atoms with E-state index in [0.29, 0.717) is 6.61 Å². The molecular weight excluding hydrogens is 156 g/mol. The minimum absolute atomic E-state index is 0.167. The predicted octanol–water partition coefficient (Wildman–Crippen LogP) is 1.16. The summed E-state index contributed by atoms with van der Waals surface area (Å²) in [5.41, 5.74) is 0. The van der Waals surface area contributed by atoms with Crippen molar-refractivity contribution in [2.45, 2.75) is 53.2 Å². The molecule has 0 aromatic carbocycles. The summed E-state index contributed by atoms with van der Waals surface area (Å²) in [5.74, 6) is 0. The molecule has 0 aromatic rings. The monoisotopic (exact) mass is 180 g/mol. The van der Waals surface area contributed by atoms with Gasteiger partial charge in [-0.1, -0.05) is 6.92 Å². The van der Waals surface area contributed by atoms with Crippen molar-refractivity contribution in [1.29, 1.82) is 0 Å². The summed E-state index contributed by atoms with van der Waals surface area (Å²) in [6.45, 7) is 9.14. The third-order valence-electron chi connectivity index (χ3n) is 0.224. The number of aliphatic hydroxyl groups excluding tert-OH is 3. The molecule has 0 aliphatic heterocycles. The first-order valence-corrected chi connectivity index (χ1v) is 4.35. The van der Waals surface area contributed by atoms with Crippen LogP contribution in [0, 0.1) is 0 Å². The Morgan fingerprint density at radius 3 is 1.00 bits per heavy atom. The van der Waals surface area contributed by atoms with Crippen LogP contribution in [0.1, 0.15) is 41.0 Å². The smallest absolute Gasteiger partial charge is 0.0483 e. The maximum Gasteiger partial charge on any atom is 0.0483 e. The van der Waals surface area contributed by atoms with Gasteiger partial charge in [0.05, 0.1) is 0 Å². The van der Waals surface area contributed by atoms with Gasteiger partial charge in [-0.3, -0.25) is 0 Å². The van der Waals surface area contributed by atoms with Crippen LogP contribution in [0.15, 0.2) is 0 Å². The van der Waals surface area contributed by atoms with Gasteiger partial charge in [0.25, 0.3) is 0 Å². The SMILES string of the molecule is CC(C)O.CC(C)O.CCCO. The molecule has 0 fully saturated rings. The molecule has 3 N–H and O–H groups in total. The Morgan fingerprint density at radius 1 is 0.917 bits per heavy atom. The zero-order valence-corrected chi connectivity index (χ0v) is 8.91. The van der Waals surface area contributed by atoms with E-state index in [1.165, 1.54) is 0 Å². The van der Waals surface area contributed by atoms with Gasteiger partial charge in [0.15, 0.2) is 0 Å². The summed E-state index contributed by atoms with van der Waals surface area (Å²) in [6, 6.07) is 0. The number of aliphatic hydroxyl groups is 3. The summed E-state index contributed by atoms with van der Waals surface area (Å²) >= 11 is 0. The van der Waals surface area contributed by atoms with Crippen molar-refractivity contribution in [1.82, 2.24) is 0 Å². The zero-order chi connectivity index (χ0) is 10.6. The molecule has 12 heavy (non-hydrogen) atoms. The average molecular weight is 180 g/mol. The second-order valence-corrected chi connectivity index (χ2v) is 2.91. The highest BCUT2D eigenvalue weighted by atomic mass is 16.3. The summed E-state index contributed by atoms with van der Waals surface area (Å²) in [5, 5.41) is 24.0. The van der Waals surface area contributed by atoms with Gasteiger partial charge in [-0.15, -0.1) is 0 Å². The largest absolute Gasteiger partial charge is 0.396 e.